The minimum Gasteiger partial charge on any atom is -0.347 e. The Morgan fingerprint density at radius 3 is 2.80 bits per heavy atom. The number of rotatable bonds is 5. The zero-order valence-corrected chi connectivity index (χ0v) is 11.2. The number of carbonyl (C=O) groups excluding carboxylic acids is 1. The van der Waals surface area contributed by atoms with Gasteiger partial charge in [-0.3, -0.25) is 4.79 Å². The third-order valence-corrected chi connectivity index (χ3v) is 2.78. The van der Waals surface area contributed by atoms with E-state index >= 15 is 0 Å². The number of nitrogens with zero attached hydrogens (tertiary/aromatic N) is 2. The fourth-order valence-electron chi connectivity index (χ4n) is 1.48. The molecule has 1 rings (SSSR count). The van der Waals surface area contributed by atoms with Crippen molar-refractivity contribution >= 4 is 28.7 Å². The predicted octanol–water partition coefficient (Wildman–Crippen LogP) is 2.72. The molecule has 0 aromatic heterocycles. The molecule has 0 amide bonds. The number of nitriles is 2. The second-order valence-electron chi connectivity index (χ2n) is 3.78. The molecule has 20 heavy (non-hydrogen) atoms. The van der Waals surface area contributed by atoms with Gasteiger partial charge in [-0.05, 0) is 12.1 Å². The van der Waals surface area contributed by atoms with E-state index in [0.29, 0.717) is 0 Å². The zero-order valence-electron chi connectivity index (χ0n) is 10.4. The lowest BCUT2D eigenvalue weighted by atomic mass is 10.0. The molecule has 0 spiro atoms. The van der Waals surface area contributed by atoms with Crippen molar-refractivity contribution in [2.24, 2.45) is 5.92 Å². The highest BCUT2D eigenvalue weighted by Crippen LogP contribution is 2.19. The Balaban J connectivity index is 2.99. The highest BCUT2D eigenvalue weighted by molar-refractivity contribution is 7.80. The summed E-state index contributed by atoms with van der Waals surface area (Å²) < 4.78 is 13.4. The van der Waals surface area contributed by atoms with Gasteiger partial charge >= 0.3 is 0 Å². The van der Waals surface area contributed by atoms with Crippen LogP contribution in [0.5, 0.6) is 0 Å². The maximum Gasteiger partial charge on any atom is 0.160 e. The molecule has 0 bridgehead atoms. The Morgan fingerprint density at radius 1 is 1.55 bits per heavy atom. The molecule has 0 fully saturated rings. The Labute approximate surface area is 121 Å². The van der Waals surface area contributed by atoms with E-state index in [0.717, 1.165) is 6.07 Å². The van der Waals surface area contributed by atoms with Gasteiger partial charge in [0.1, 0.15) is 22.4 Å². The second-order valence-corrected chi connectivity index (χ2v) is 4.22. The molecular formula is C14H10FN3OS. The first-order valence-corrected chi connectivity index (χ1v) is 5.98. The minimum absolute atomic E-state index is 0.00824. The van der Waals surface area contributed by atoms with Crippen LogP contribution < -0.4 is 5.32 Å². The van der Waals surface area contributed by atoms with Gasteiger partial charge in [-0.2, -0.15) is 10.5 Å². The van der Waals surface area contributed by atoms with Crippen LogP contribution in [0.3, 0.4) is 0 Å². The summed E-state index contributed by atoms with van der Waals surface area (Å²) in [5.41, 5.74) is -0.0909. The number of anilines is 1. The van der Waals surface area contributed by atoms with Crippen LogP contribution in [0.4, 0.5) is 10.1 Å². The third-order valence-electron chi connectivity index (χ3n) is 2.44. The highest BCUT2D eigenvalue weighted by Gasteiger charge is 2.22. The third kappa shape index (κ3) is 3.47. The van der Waals surface area contributed by atoms with Crippen LogP contribution in [0, 0.1) is 34.4 Å². The second kappa shape index (κ2) is 7.13. The molecule has 0 aliphatic heterocycles. The first-order chi connectivity index (χ1) is 9.54. The van der Waals surface area contributed by atoms with Gasteiger partial charge in [-0.15, -0.1) is 6.58 Å². The van der Waals surface area contributed by atoms with Crippen molar-refractivity contribution in [3.05, 3.63) is 42.2 Å². The average molecular weight is 287 g/mol. The van der Waals surface area contributed by atoms with Crippen molar-refractivity contribution < 1.29 is 9.18 Å². The predicted molar refractivity (Wildman–Crippen MR) is 76.3 cm³/mol. The molecule has 4 nitrogen and oxygen atoms in total. The minimum atomic E-state index is -1.15. The molecule has 100 valence electrons. The quantitative estimate of drug-likeness (QED) is 0.665. The summed E-state index contributed by atoms with van der Waals surface area (Å²) in [5.74, 6) is -2.26. The monoisotopic (exact) mass is 287 g/mol. The van der Waals surface area contributed by atoms with E-state index in [4.69, 9.17) is 22.7 Å². The molecule has 0 aliphatic carbocycles. The van der Waals surface area contributed by atoms with E-state index in [9.17, 15) is 9.18 Å². The molecule has 0 saturated heterocycles. The fraction of sp³-hybridized carbons (Fsp3) is 0.143. The van der Waals surface area contributed by atoms with Gasteiger partial charge in [0.15, 0.2) is 11.7 Å². The smallest absolute Gasteiger partial charge is 0.160 e. The van der Waals surface area contributed by atoms with E-state index in [1.807, 2.05) is 0 Å². The Kier molecular flexibility index (Phi) is 5.52. The Hall–Kier alpha value is -2.57. The van der Waals surface area contributed by atoms with Crippen LogP contribution in [-0.4, -0.2) is 10.8 Å². The van der Waals surface area contributed by atoms with Gasteiger partial charge in [-0.1, -0.05) is 24.4 Å². The van der Waals surface area contributed by atoms with Gasteiger partial charge < -0.3 is 5.32 Å². The summed E-state index contributed by atoms with van der Waals surface area (Å²) in [6, 6.07) is 7.46. The average Bonchev–Trinajstić information content (AvgIpc) is 2.40. The molecule has 1 aromatic carbocycles. The van der Waals surface area contributed by atoms with E-state index < -0.39 is 17.5 Å². The van der Waals surface area contributed by atoms with E-state index in [1.165, 1.54) is 18.2 Å². The van der Waals surface area contributed by atoms with Crippen molar-refractivity contribution in [1.82, 2.24) is 0 Å². The Bertz CT molecular complexity index is 643. The van der Waals surface area contributed by atoms with E-state index in [2.05, 4.69) is 11.9 Å². The van der Waals surface area contributed by atoms with Gasteiger partial charge in [0, 0.05) is 6.42 Å². The number of ketones is 1. The lowest BCUT2D eigenvalue weighted by Crippen LogP contribution is -2.27. The first kappa shape index (κ1) is 15.5. The molecule has 0 aliphatic rings. The zero-order chi connectivity index (χ0) is 15.1. The SMILES string of the molecule is C=CCC(=O)C(C#N)C(=S)Nc1cccc(F)c1C#N. The molecule has 0 heterocycles. The van der Waals surface area contributed by atoms with Crippen LogP contribution >= 0.6 is 12.2 Å². The molecule has 6 heteroatoms. The van der Waals surface area contributed by atoms with Crippen molar-refractivity contribution in [3.63, 3.8) is 0 Å². The molecule has 0 saturated carbocycles. The number of carbonyl (C=O) groups is 1. The fourth-order valence-corrected chi connectivity index (χ4v) is 1.78. The van der Waals surface area contributed by atoms with Crippen molar-refractivity contribution in [1.29, 1.82) is 10.5 Å². The highest BCUT2D eigenvalue weighted by atomic mass is 32.1. The maximum absolute atomic E-state index is 13.4. The van der Waals surface area contributed by atoms with E-state index in [-0.39, 0.29) is 22.7 Å². The summed E-state index contributed by atoms with van der Waals surface area (Å²) >= 11 is 4.98. The topological polar surface area (TPSA) is 76.7 Å². The number of hydrogen-bond donors (Lipinski definition) is 1. The van der Waals surface area contributed by atoms with Crippen molar-refractivity contribution in [3.8, 4) is 12.1 Å². The van der Waals surface area contributed by atoms with Crippen molar-refractivity contribution in [2.45, 2.75) is 6.42 Å². The van der Waals surface area contributed by atoms with Crippen molar-refractivity contribution in [2.75, 3.05) is 5.32 Å². The summed E-state index contributed by atoms with van der Waals surface area (Å²) in [5, 5.41) is 20.4. The van der Waals surface area contributed by atoms with Gasteiger partial charge in [0.25, 0.3) is 0 Å². The van der Waals surface area contributed by atoms with Gasteiger partial charge in [0.2, 0.25) is 0 Å². The van der Waals surface area contributed by atoms with Crippen LogP contribution in [0.15, 0.2) is 30.9 Å². The molecule has 1 N–H and O–H groups in total. The first-order valence-electron chi connectivity index (χ1n) is 5.57. The van der Waals surface area contributed by atoms with Crippen LogP contribution in [-0.2, 0) is 4.79 Å². The number of thiocarbonyl (C=S) groups is 1. The summed E-state index contributed by atoms with van der Waals surface area (Å²) in [4.78, 5) is 11.6. The number of nitrogens with one attached hydrogen (secondary N) is 1. The molecular weight excluding hydrogens is 277 g/mol. The number of Topliss-reactive ketones (excluding diaryl/α,β-unsaturated/α-hetero) is 1. The molecule has 0 radical (unpaired) electrons. The van der Waals surface area contributed by atoms with Gasteiger partial charge in [-0.25, -0.2) is 4.39 Å². The lowest BCUT2D eigenvalue weighted by Gasteiger charge is -2.12. The number of benzene rings is 1. The van der Waals surface area contributed by atoms with Crippen LogP contribution in [0.2, 0.25) is 0 Å². The number of halogens is 1. The van der Waals surface area contributed by atoms with E-state index in [1.54, 1.807) is 12.1 Å². The summed E-state index contributed by atoms with van der Waals surface area (Å²) in [6.07, 6.45) is 1.38. The molecule has 1 aromatic rings. The standard InChI is InChI=1S/C14H10FN3OS/c1-2-4-13(19)10(8-17)14(20)18-12-6-3-5-11(15)9(12)7-16/h2-3,5-6,10H,1,4H2,(H,18,20). The number of allylic oxidation sites excluding steroid dienone is 1. The Morgan fingerprint density at radius 2 is 2.25 bits per heavy atom. The molecule has 1 unspecified atom stereocenters. The van der Waals surface area contributed by atoms with Crippen LogP contribution in [0.25, 0.3) is 0 Å². The largest absolute Gasteiger partial charge is 0.347 e. The maximum atomic E-state index is 13.4. The summed E-state index contributed by atoms with van der Waals surface area (Å²) in [7, 11) is 0. The molecule has 1 atom stereocenters. The van der Waals surface area contributed by atoms with Gasteiger partial charge in [0.05, 0.1) is 11.8 Å². The lowest BCUT2D eigenvalue weighted by molar-refractivity contribution is -0.118. The van der Waals surface area contributed by atoms with Crippen LogP contribution in [0.1, 0.15) is 12.0 Å². The normalized spacial score (nSPS) is 10.8. The number of hydrogen-bond acceptors (Lipinski definition) is 4. The summed E-state index contributed by atoms with van der Waals surface area (Å²) in [6.45, 7) is 3.41.